The smallest absolute Gasteiger partial charge is 0.287 e. The molecule has 2 rings (SSSR count). The van der Waals surface area contributed by atoms with E-state index in [2.05, 4.69) is 37.2 Å². The molecule has 0 fully saturated rings. The number of carbonyl (C=O) groups excluding carboxylic acids is 1. The van der Waals surface area contributed by atoms with Crippen molar-refractivity contribution in [1.82, 2.24) is 0 Å². The zero-order valence-electron chi connectivity index (χ0n) is 10.3. The maximum atomic E-state index is 12.2. The number of para-hydroxylation sites is 1. The summed E-state index contributed by atoms with van der Waals surface area (Å²) in [6, 6.07) is 9.19. The van der Waals surface area contributed by atoms with Gasteiger partial charge in [-0.05, 0) is 56.1 Å². The van der Waals surface area contributed by atoms with E-state index in [-0.39, 0.29) is 16.3 Å². The summed E-state index contributed by atoms with van der Waals surface area (Å²) in [6.07, 6.45) is 0. The van der Waals surface area contributed by atoms with Crippen LogP contribution in [0.5, 0.6) is 0 Å². The van der Waals surface area contributed by atoms with Crippen LogP contribution in [-0.4, -0.2) is 10.8 Å². The number of nitro groups is 1. The first-order valence-electron chi connectivity index (χ1n) is 5.59. The van der Waals surface area contributed by atoms with Gasteiger partial charge in [-0.3, -0.25) is 14.9 Å². The molecule has 0 heterocycles. The van der Waals surface area contributed by atoms with Gasteiger partial charge in [0.1, 0.15) is 5.02 Å². The van der Waals surface area contributed by atoms with Gasteiger partial charge in [0.25, 0.3) is 11.6 Å². The molecule has 0 unspecified atom stereocenters. The zero-order valence-corrected chi connectivity index (χ0v) is 14.2. The highest BCUT2D eigenvalue weighted by molar-refractivity contribution is 9.11. The normalized spacial score (nSPS) is 10.2. The lowest BCUT2D eigenvalue weighted by atomic mass is 10.2. The summed E-state index contributed by atoms with van der Waals surface area (Å²) >= 11 is 12.5. The highest BCUT2D eigenvalue weighted by atomic mass is 79.9. The molecule has 1 N–H and O–H groups in total. The lowest BCUT2D eigenvalue weighted by Crippen LogP contribution is -2.12. The number of anilines is 1. The molecule has 0 atom stereocenters. The first-order chi connectivity index (χ1) is 9.90. The molecule has 0 aliphatic heterocycles. The molecule has 0 saturated carbocycles. The average Bonchev–Trinajstić information content (AvgIpc) is 2.42. The van der Waals surface area contributed by atoms with Gasteiger partial charge in [0, 0.05) is 20.6 Å². The minimum atomic E-state index is -0.603. The molecule has 0 radical (unpaired) electrons. The lowest BCUT2D eigenvalue weighted by molar-refractivity contribution is -0.384. The monoisotopic (exact) mass is 432 g/mol. The van der Waals surface area contributed by atoms with Crippen LogP contribution in [0.1, 0.15) is 10.4 Å². The van der Waals surface area contributed by atoms with Crippen LogP contribution < -0.4 is 5.32 Å². The molecule has 0 saturated heterocycles. The van der Waals surface area contributed by atoms with E-state index in [0.717, 1.165) is 0 Å². The summed E-state index contributed by atoms with van der Waals surface area (Å²) in [5.41, 5.74) is 0.556. The number of nitro benzene ring substituents is 1. The molecule has 0 aliphatic rings. The molecular weight excluding hydrogens is 427 g/mol. The summed E-state index contributed by atoms with van der Waals surface area (Å²) in [5.74, 6) is -0.417. The highest BCUT2D eigenvalue weighted by Crippen LogP contribution is 2.31. The highest BCUT2D eigenvalue weighted by Gasteiger charge is 2.16. The number of nitrogens with one attached hydrogen (secondary N) is 1. The Labute approximate surface area is 141 Å². The van der Waals surface area contributed by atoms with Crippen molar-refractivity contribution in [2.75, 3.05) is 5.32 Å². The molecule has 0 aromatic heterocycles. The summed E-state index contributed by atoms with van der Waals surface area (Å²) in [6.45, 7) is 0. The van der Waals surface area contributed by atoms with E-state index in [1.807, 2.05) is 6.07 Å². The number of benzene rings is 2. The summed E-state index contributed by atoms with van der Waals surface area (Å²) < 4.78 is 1.41. The van der Waals surface area contributed by atoms with E-state index < -0.39 is 10.8 Å². The summed E-state index contributed by atoms with van der Waals surface area (Å²) in [4.78, 5) is 22.3. The van der Waals surface area contributed by atoms with Crippen LogP contribution in [0.2, 0.25) is 5.02 Å². The second kappa shape index (κ2) is 6.55. The van der Waals surface area contributed by atoms with E-state index in [0.29, 0.717) is 14.6 Å². The van der Waals surface area contributed by atoms with Crippen LogP contribution in [0, 0.1) is 10.1 Å². The number of amides is 1. The van der Waals surface area contributed by atoms with Gasteiger partial charge in [0.15, 0.2) is 0 Å². The van der Waals surface area contributed by atoms with Gasteiger partial charge in [-0.15, -0.1) is 0 Å². The van der Waals surface area contributed by atoms with Crippen molar-refractivity contribution in [1.29, 1.82) is 0 Å². The van der Waals surface area contributed by atoms with Gasteiger partial charge in [-0.25, -0.2) is 0 Å². The van der Waals surface area contributed by atoms with Crippen LogP contribution in [0.3, 0.4) is 0 Å². The van der Waals surface area contributed by atoms with Crippen molar-refractivity contribution < 1.29 is 9.72 Å². The third-order valence-corrected chi connectivity index (χ3v) is 4.23. The fraction of sp³-hybridized carbons (Fsp3) is 0. The largest absolute Gasteiger partial charge is 0.320 e. The Bertz CT molecular complexity index is 717. The first-order valence-corrected chi connectivity index (χ1v) is 7.56. The topological polar surface area (TPSA) is 72.2 Å². The number of halogens is 3. The molecular formula is C13H7Br2ClN2O3. The molecule has 5 nitrogen and oxygen atoms in total. The number of hydrogen-bond acceptors (Lipinski definition) is 3. The van der Waals surface area contributed by atoms with E-state index in [1.165, 1.54) is 18.2 Å². The van der Waals surface area contributed by atoms with E-state index in [9.17, 15) is 14.9 Å². The minimum Gasteiger partial charge on any atom is -0.320 e. The number of hydrogen-bond donors (Lipinski definition) is 1. The Morgan fingerprint density at radius 2 is 1.81 bits per heavy atom. The van der Waals surface area contributed by atoms with Crippen molar-refractivity contribution >= 4 is 60.7 Å². The minimum absolute atomic E-state index is 0.0844. The second-order valence-electron chi connectivity index (χ2n) is 3.97. The third-order valence-electron chi connectivity index (χ3n) is 2.61. The lowest BCUT2D eigenvalue weighted by Gasteiger charge is -2.09. The molecule has 21 heavy (non-hydrogen) atoms. The van der Waals surface area contributed by atoms with E-state index in [1.54, 1.807) is 12.1 Å². The quantitative estimate of drug-likeness (QED) is 0.544. The van der Waals surface area contributed by atoms with Crippen LogP contribution in [-0.2, 0) is 0 Å². The Morgan fingerprint density at radius 3 is 2.33 bits per heavy atom. The standard InChI is InChI=1S/C13H7Br2ClN2O3/c14-8-2-1-3-9(15)12(8)17-13(19)7-4-5-11(18(20)21)10(16)6-7/h1-6H,(H,17,19). The fourth-order valence-corrected chi connectivity index (χ4v) is 3.05. The van der Waals surface area contributed by atoms with Gasteiger partial charge in [0.05, 0.1) is 10.6 Å². The van der Waals surface area contributed by atoms with Crippen molar-refractivity contribution in [2.24, 2.45) is 0 Å². The van der Waals surface area contributed by atoms with Crippen molar-refractivity contribution in [3.8, 4) is 0 Å². The second-order valence-corrected chi connectivity index (χ2v) is 6.09. The average molecular weight is 434 g/mol. The van der Waals surface area contributed by atoms with Crippen LogP contribution in [0.15, 0.2) is 45.3 Å². The molecule has 2 aromatic rings. The fourth-order valence-electron chi connectivity index (χ4n) is 1.60. The molecule has 0 bridgehead atoms. The Morgan fingerprint density at radius 1 is 1.19 bits per heavy atom. The summed E-state index contributed by atoms with van der Waals surface area (Å²) in [7, 11) is 0. The molecule has 108 valence electrons. The third kappa shape index (κ3) is 3.61. The summed E-state index contributed by atoms with van der Waals surface area (Å²) in [5, 5.41) is 13.3. The number of carbonyl (C=O) groups is 1. The Kier molecular flexibility index (Phi) is 4.97. The number of rotatable bonds is 3. The van der Waals surface area contributed by atoms with Crippen LogP contribution in [0.25, 0.3) is 0 Å². The SMILES string of the molecule is O=C(Nc1c(Br)cccc1Br)c1ccc([N+](=O)[O-])c(Cl)c1. The zero-order chi connectivity index (χ0) is 15.6. The van der Waals surface area contributed by atoms with Gasteiger partial charge in [0.2, 0.25) is 0 Å². The van der Waals surface area contributed by atoms with Crippen molar-refractivity contribution in [3.63, 3.8) is 0 Å². The predicted octanol–water partition coefficient (Wildman–Crippen LogP) is 5.03. The van der Waals surface area contributed by atoms with E-state index in [4.69, 9.17) is 11.6 Å². The molecule has 8 heteroatoms. The van der Waals surface area contributed by atoms with Gasteiger partial charge < -0.3 is 5.32 Å². The van der Waals surface area contributed by atoms with Crippen LogP contribution in [0.4, 0.5) is 11.4 Å². The van der Waals surface area contributed by atoms with Gasteiger partial charge in [-0.2, -0.15) is 0 Å². The predicted molar refractivity (Wildman–Crippen MR) is 87.9 cm³/mol. The Hall–Kier alpha value is -1.44. The number of nitrogens with zero attached hydrogens (tertiary/aromatic N) is 1. The van der Waals surface area contributed by atoms with E-state index >= 15 is 0 Å². The maximum Gasteiger partial charge on any atom is 0.287 e. The molecule has 2 aromatic carbocycles. The van der Waals surface area contributed by atoms with Crippen LogP contribution >= 0.6 is 43.5 Å². The van der Waals surface area contributed by atoms with Gasteiger partial charge in [-0.1, -0.05) is 17.7 Å². The van der Waals surface area contributed by atoms with Crippen molar-refractivity contribution in [3.05, 3.63) is 66.0 Å². The first kappa shape index (κ1) is 15.9. The van der Waals surface area contributed by atoms with Gasteiger partial charge >= 0.3 is 0 Å². The maximum absolute atomic E-state index is 12.2. The Balaban J connectivity index is 2.29. The molecule has 0 spiro atoms. The van der Waals surface area contributed by atoms with Crippen molar-refractivity contribution in [2.45, 2.75) is 0 Å². The molecule has 1 amide bonds. The molecule has 0 aliphatic carbocycles.